The molecule has 2 aliphatic rings. The van der Waals surface area contributed by atoms with Gasteiger partial charge in [-0.1, -0.05) is 0 Å². The van der Waals surface area contributed by atoms with Crippen LogP contribution in [0.2, 0.25) is 0 Å². The first kappa shape index (κ1) is 12.1. The largest absolute Gasteiger partial charge is 0.319 e. The average molecular weight is 261 g/mol. The number of nitro groups is 1. The van der Waals surface area contributed by atoms with E-state index in [0.717, 1.165) is 18.4 Å². The highest BCUT2D eigenvalue weighted by Gasteiger charge is 2.39. The SMILES string of the molecule is O=C1CNC(c2ccc([N+](=O)[O-])cc2)N1C1CCC1. The van der Waals surface area contributed by atoms with Crippen LogP contribution in [0.3, 0.4) is 0 Å². The molecule has 1 saturated heterocycles. The number of carbonyl (C=O) groups is 1. The zero-order valence-corrected chi connectivity index (χ0v) is 10.4. The first-order valence-electron chi connectivity index (χ1n) is 6.46. The Morgan fingerprint density at radius 2 is 1.95 bits per heavy atom. The molecule has 1 unspecified atom stereocenters. The lowest BCUT2D eigenvalue weighted by atomic mass is 9.91. The number of benzene rings is 1. The van der Waals surface area contributed by atoms with E-state index in [-0.39, 0.29) is 17.8 Å². The van der Waals surface area contributed by atoms with Crippen LogP contribution in [-0.4, -0.2) is 28.3 Å². The summed E-state index contributed by atoms with van der Waals surface area (Å²) in [6, 6.07) is 6.74. The van der Waals surface area contributed by atoms with Gasteiger partial charge >= 0.3 is 0 Å². The van der Waals surface area contributed by atoms with E-state index in [4.69, 9.17) is 0 Å². The number of nitrogens with one attached hydrogen (secondary N) is 1. The van der Waals surface area contributed by atoms with Crippen LogP contribution in [0.25, 0.3) is 0 Å². The molecule has 100 valence electrons. The first-order valence-corrected chi connectivity index (χ1v) is 6.46. The van der Waals surface area contributed by atoms with Crippen LogP contribution in [0.4, 0.5) is 5.69 Å². The van der Waals surface area contributed by atoms with E-state index in [9.17, 15) is 14.9 Å². The molecule has 1 atom stereocenters. The van der Waals surface area contributed by atoms with Crippen molar-refractivity contribution in [1.82, 2.24) is 10.2 Å². The van der Waals surface area contributed by atoms with Crippen LogP contribution in [-0.2, 0) is 4.79 Å². The van der Waals surface area contributed by atoms with Gasteiger partial charge in [-0.25, -0.2) is 0 Å². The maximum absolute atomic E-state index is 11.9. The van der Waals surface area contributed by atoms with Gasteiger partial charge in [-0.3, -0.25) is 20.2 Å². The fraction of sp³-hybridized carbons (Fsp3) is 0.462. The summed E-state index contributed by atoms with van der Waals surface area (Å²) < 4.78 is 0. The zero-order chi connectivity index (χ0) is 13.4. The lowest BCUT2D eigenvalue weighted by Gasteiger charge is -2.38. The Bertz CT molecular complexity index is 510. The minimum Gasteiger partial charge on any atom is -0.319 e. The van der Waals surface area contributed by atoms with Crippen LogP contribution < -0.4 is 5.32 Å². The smallest absolute Gasteiger partial charge is 0.269 e. The molecule has 1 N–H and O–H groups in total. The van der Waals surface area contributed by atoms with Crippen LogP contribution in [0, 0.1) is 10.1 Å². The second-order valence-electron chi connectivity index (χ2n) is 5.02. The molecule has 1 saturated carbocycles. The molecule has 1 aliphatic carbocycles. The Morgan fingerprint density at radius 1 is 1.26 bits per heavy atom. The number of carbonyl (C=O) groups excluding carboxylic acids is 1. The second kappa shape index (κ2) is 4.62. The standard InChI is InChI=1S/C13H15N3O3/c17-12-8-14-13(15(12)10-2-1-3-10)9-4-6-11(7-5-9)16(18)19/h4-7,10,13-14H,1-3,8H2. The molecule has 1 heterocycles. The molecule has 6 nitrogen and oxygen atoms in total. The van der Waals surface area contributed by atoms with E-state index >= 15 is 0 Å². The third kappa shape index (κ3) is 2.08. The summed E-state index contributed by atoms with van der Waals surface area (Å²) in [5.74, 6) is 0.119. The lowest BCUT2D eigenvalue weighted by Crippen LogP contribution is -2.43. The summed E-state index contributed by atoms with van der Waals surface area (Å²) in [7, 11) is 0. The number of nitrogens with zero attached hydrogens (tertiary/aromatic N) is 2. The van der Waals surface area contributed by atoms with Gasteiger partial charge in [0.15, 0.2) is 0 Å². The van der Waals surface area contributed by atoms with E-state index in [2.05, 4.69) is 5.32 Å². The van der Waals surface area contributed by atoms with Crippen LogP contribution in [0.15, 0.2) is 24.3 Å². The van der Waals surface area contributed by atoms with Crippen LogP contribution in [0.1, 0.15) is 31.0 Å². The first-order chi connectivity index (χ1) is 9.16. The molecule has 0 radical (unpaired) electrons. The molecule has 0 bridgehead atoms. The molecule has 1 aromatic rings. The zero-order valence-electron chi connectivity index (χ0n) is 10.4. The second-order valence-corrected chi connectivity index (χ2v) is 5.02. The van der Waals surface area contributed by atoms with Crippen LogP contribution in [0.5, 0.6) is 0 Å². The van der Waals surface area contributed by atoms with Gasteiger partial charge in [0.2, 0.25) is 5.91 Å². The normalized spacial score (nSPS) is 23.5. The summed E-state index contributed by atoms with van der Waals surface area (Å²) in [6.07, 6.45) is 3.13. The highest BCUT2D eigenvalue weighted by molar-refractivity contribution is 5.81. The van der Waals surface area contributed by atoms with E-state index < -0.39 is 4.92 Å². The van der Waals surface area contributed by atoms with Crippen molar-refractivity contribution in [2.24, 2.45) is 0 Å². The lowest BCUT2D eigenvalue weighted by molar-refractivity contribution is -0.384. The number of non-ortho nitro benzene ring substituents is 1. The molecule has 1 aliphatic heterocycles. The van der Waals surface area contributed by atoms with Crippen molar-refractivity contribution in [1.29, 1.82) is 0 Å². The summed E-state index contributed by atoms with van der Waals surface area (Å²) in [6.45, 7) is 0.345. The molecule has 1 amide bonds. The number of hydrogen-bond donors (Lipinski definition) is 1. The molecule has 0 spiro atoms. The fourth-order valence-electron chi connectivity index (χ4n) is 2.65. The van der Waals surface area contributed by atoms with E-state index in [1.165, 1.54) is 18.6 Å². The third-order valence-corrected chi connectivity index (χ3v) is 3.90. The van der Waals surface area contributed by atoms with Gasteiger partial charge in [-0.2, -0.15) is 0 Å². The molecular weight excluding hydrogens is 246 g/mol. The van der Waals surface area contributed by atoms with E-state index in [1.807, 2.05) is 4.90 Å². The van der Waals surface area contributed by atoms with Gasteiger partial charge in [0.1, 0.15) is 6.17 Å². The van der Waals surface area contributed by atoms with Gasteiger partial charge in [-0.15, -0.1) is 0 Å². The predicted octanol–water partition coefficient (Wildman–Crippen LogP) is 1.58. The quantitative estimate of drug-likeness (QED) is 0.662. The topological polar surface area (TPSA) is 75.5 Å². The Morgan fingerprint density at radius 3 is 2.47 bits per heavy atom. The minimum atomic E-state index is -0.416. The summed E-state index contributed by atoms with van der Waals surface area (Å²) in [4.78, 5) is 24.0. The van der Waals surface area contributed by atoms with Crippen molar-refractivity contribution in [3.8, 4) is 0 Å². The van der Waals surface area contributed by atoms with Crippen molar-refractivity contribution < 1.29 is 9.72 Å². The highest BCUT2D eigenvalue weighted by atomic mass is 16.6. The van der Waals surface area contributed by atoms with Crippen molar-refractivity contribution in [3.05, 3.63) is 39.9 Å². The number of hydrogen-bond acceptors (Lipinski definition) is 4. The van der Waals surface area contributed by atoms with Gasteiger partial charge in [0.25, 0.3) is 5.69 Å². The van der Waals surface area contributed by atoms with Crippen molar-refractivity contribution in [3.63, 3.8) is 0 Å². The van der Waals surface area contributed by atoms with E-state index in [1.54, 1.807) is 12.1 Å². The van der Waals surface area contributed by atoms with Crippen LogP contribution >= 0.6 is 0 Å². The average Bonchev–Trinajstić information content (AvgIpc) is 2.70. The maximum atomic E-state index is 11.9. The Kier molecular flexibility index (Phi) is 2.94. The molecule has 6 heteroatoms. The maximum Gasteiger partial charge on any atom is 0.269 e. The van der Waals surface area contributed by atoms with Gasteiger partial charge in [0, 0.05) is 18.2 Å². The fourth-order valence-corrected chi connectivity index (χ4v) is 2.65. The molecular formula is C13H15N3O3. The summed E-state index contributed by atoms with van der Waals surface area (Å²) >= 11 is 0. The molecule has 2 fully saturated rings. The number of nitro benzene ring substituents is 1. The van der Waals surface area contributed by atoms with Crippen molar-refractivity contribution >= 4 is 11.6 Å². The van der Waals surface area contributed by atoms with Gasteiger partial charge in [-0.05, 0) is 37.0 Å². The number of rotatable bonds is 3. The minimum absolute atomic E-state index is 0.0725. The number of amides is 1. The predicted molar refractivity (Wildman–Crippen MR) is 68.3 cm³/mol. The summed E-state index contributed by atoms with van der Waals surface area (Å²) in [5.41, 5.74) is 0.978. The third-order valence-electron chi connectivity index (χ3n) is 3.90. The van der Waals surface area contributed by atoms with Crippen molar-refractivity contribution in [2.75, 3.05) is 6.54 Å². The Labute approximate surface area is 110 Å². The van der Waals surface area contributed by atoms with Crippen molar-refractivity contribution in [2.45, 2.75) is 31.5 Å². The molecule has 0 aromatic heterocycles. The highest BCUT2D eigenvalue weighted by Crippen LogP contribution is 2.34. The molecule has 19 heavy (non-hydrogen) atoms. The Balaban J connectivity index is 1.83. The van der Waals surface area contributed by atoms with E-state index in [0.29, 0.717) is 12.6 Å². The molecule has 1 aromatic carbocycles. The monoisotopic (exact) mass is 261 g/mol. The van der Waals surface area contributed by atoms with Gasteiger partial charge in [0.05, 0.1) is 11.5 Å². The molecule has 3 rings (SSSR count). The Hall–Kier alpha value is -1.95. The summed E-state index contributed by atoms with van der Waals surface area (Å²) in [5, 5.41) is 13.8. The van der Waals surface area contributed by atoms with Gasteiger partial charge < -0.3 is 4.90 Å².